The van der Waals surface area contributed by atoms with Gasteiger partial charge in [0.15, 0.2) is 5.75 Å². The molecule has 3 rings (SSSR count). The zero-order valence-electron chi connectivity index (χ0n) is 15.2. The van der Waals surface area contributed by atoms with Gasteiger partial charge in [0.25, 0.3) is 11.8 Å². The van der Waals surface area contributed by atoms with Crippen LogP contribution in [0.15, 0.2) is 36.4 Å². The Morgan fingerprint density at radius 3 is 2.50 bits per heavy atom. The molecule has 0 aliphatic heterocycles. The van der Waals surface area contributed by atoms with Gasteiger partial charge in [-0.1, -0.05) is 43.2 Å². The Morgan fingerprint density at radius 2 is 1.85 bits per heavy atom. The summed E-state index contributed by atoms with van der Waals surface area (Å²) in [5, 5.41) is 5.60. The van der Waals surface area contributed by atoms with Crippen LogP contribution in [-0.4, -0.2) is 29.9 Å². The topological polar surface area (TPSA) is 83.2 Å². The van der Waals surface area contributed by atoms with Crippen LogP contribution >= 0.6 is 0 Å². The van der Waals surface area contributed by atoms with Gasteiger partial charge in [0.1, 0.15) is 17.5 Å². The van der Waals surface area contributed by atoms with Crippen molar-refractivity contribution in [3.63, 3.8) is 0 Å². The number of aromatic amines is 1. The van der Waals surface area contributed by atoms with Crippen molar-refractivity contribution in [1.82, 2.24) is 15.6 Å². The average Bonchev–Trinajstić information content (AvgIpc) is 3.31. The molecule has 1 aliphatic rings. The van der Waals surface area contributed by atoms with Gasteiger partial charge in [-0.3, -0.25) is 9.59 Å². The number of amides is 2. The zero-order chi connectivity index (χ0) is 18.5. The van der Waals surface area contributed by atoms with Gasteiger partial charge in [0.05, 0.1) is 0 Å². The van der Waals surface area contributed by atoms with Crippen LogP contribution in [0.1, 0.15) is 65.3 Å². The Bertz CT molecular complexity index is 764. The molecule has 0 radical (unpaired) electrons. The van der Waals surface area contributed by atoms with Crippen molar-refractivity contribution in [2.24, 2.45) is 0 Å². The minimum Gasteiger partial charge on any atom is -0.484 e. The molecular weight excluding hydrogens is 330 g/mol. The van der Waals surface area contributed by atoms with Gasteiger partial charge in [-0.05, 0) is 25.3 Å². The number of carbonyl (C=O) groups is 2. The predicted octanol–water partition coefficient (Wildman–Crippen LogP) is 3.19. The Balaban J connectivity index is 1.80. The summed E-state index contributed by atoms with van der Waals surface area (Å²) < 4.78 is 5.98. The molecule has 2 aromatic rings. The minimum absolute atomic E-state index is 0.204. The van der Waals surface area contributed by atoms with Crippen LogP contribution in [0.5, 0.6) is 5.75 Å². The monoisotopic (exact) mass is 355 g/mol. The lowest BCUT2D eigenvalue weighted by Gasteiger charge is -2.15. The number of ether oxygens (including phenoxy) is 1. The van der Waals surface area contributed by atoms with Crippen LogP contribution < -0.4 is 15.4 Å². The maximum Gasteiger partial charge on any atom is 0.271 e. The molecule has 2 amide bonds. The van der Waals surface area contributed by atoms with Crippen molar-refractivity contribution < 1.29 is 14.3 Å². The Labute approximate surface area is 153 Å². The van der Waals surface area contributed by atoms with E-state index in [1.165, 1.54) is 0 Å². The van der Waals surface area contributed by atoms with Crippen molar-refractivity contribution in [3.8, 4) is 5.75 Å². The lowest BCUT2D eigenvalue weighted by molar-refractivity contribution is 0.0933. The van der Waals surface area contributed by atoms with E-state index in [0.717, 1.165) is 31.2 Å². The number of rotatable bonds is 6. The van der Waals surface area contributed by atoms with Crippen molar-refractivity contribution >= 4 is 11.8 Å². The van der Waals surface area contributed by atoms with Gasteiger partial charge >= 0.3 is 0 Å². The third-order valence-electron chi connectivity index (χ3n) is 4.74. The SMILES string of the molecule is CNC(=O)c1[nH]c(C(=O)NC2CCCC2)cc1O[C@@H](C)c1ccccc1. The van der Waals surface area contributed by atoms with Crippen molar-refractivity contribution in [1.29, 1.82) is 0 Å². The van der Waals surface area contributed by atoms with E-state index >= 15 is 0 Å². The molecule has 1 saturated carbocycles. The van der Waals surface area contributed by atoms with Crippen molar-refractivity contribution in [2.75, 3.05) is 7.05 Å². The van der Waals surface area contributed by atoms with E-state index in [9.17, 15) is 9.59 Å². The fraction of sp³-hybridized carbons (Fsp3) is 0.400. The first kappa shape index (κ1) is 18.0. The van der Waals surface area contributed by atoms with E-state index in [1.807, 2.05) is 37.3 Å². The normalized spacial score (nSPS) is 15.5. The van der Waals surface area contributed by atoms with Crippen molar-refractivity contribution in [2.45, 2.75) is 44.8 Å². The maximum atomic E-state index is 12.5. The summed E-state index contributed by atoms with van der Waals surface area (Å²) in [5.41, 5.74) is 1.59. The predicted molar refractivity (Wildman–Crippen MR) is 99.4 cm³/mol. The molecule has 0 saturated heterocycles. The lowest BCUT2D eigenvalue weighted by Crippen LogP contribution is -2.32. The Morgan fingerprint density at radius 1 is 1.15 bits per heavy atom. The standard InChI is InChI=1S/C20H25N3O3/c1-13(14-8-4-3-5-9-14)26-17-12-16(23-18(17)20(25)21-2)19(24)22-15-10-6-7-11-15/h3-5,8-9,12-13,15,23H,6-7,10-11H2,1-2H3,(H,21,25)(H,22,24)/t13-/m0/s1. The Hall–Kier alpha value is -2.76. The summed E-state index contributed by atoms with van der Waals surface area (Å²) in [7, 11) is 1.55. The van der Waals surface area contributed by atoms with Gasteiger partial charge in [0, 0.05) is 19.2 Å². The van der Waals surface area contributed by atoms with Crippen LogP contribution in [0.3, 0.4) is 0 Å². The van der Waals surface area contributed by atoms with E-state index in [0.29, 0.717) is 11.4 Å². The van der Waals surface area contributed by atoms with E-state index in [2.05, 4.69) is 15.6 Å². The minimum atomic E-state index is -0.319. The summed E-state index contributed by atoms with van der Waals surface area (Å²) in [5.74, 6) is -0.151. The third kappa shape index (κ3) is 4.07. The van der Waals surface area contributed by atoms with Crippen molar-refractivity contribution in [3.05, 3.63) is 53.3 Å². The highest BCUT2D eigenvalue weighted by Crippen LogP contribution is 2.27. The fourth-order valence-electron chi connectivity index (χ4n) is 3.26. The highest BCUT2D eigenvalue weighted by atomic mass is 16.5. The smallest absolute Gasteiger partial charge is 0.271 e. The van der Waals surface area contributed by atoms with Crippen LogP contribution in [0.2, 0.25) is 0 Å². The molecule has 138 valence electrons. The summed E-state index contributed by atoms with van der Waals surface area (Å²) in [6, 6.07) is 11.6. The summed E-state index contributed by atoms with van der Waals surface area (Å²) in [6.07, 6.45) is 4.04. The molecule has 1 heterocycles. The van der Waals surface area contributed by atoms with Gasteiger partial charge in [-0.2, -0.15) is 0 Å². The second-order valence-electron chi connectivity index (χ2n) is 6.63. The number of carbonyl (C=O) groups excluding carboxylic acids is 2. The molecule has 1 aliphatic carbocycles. The molecule has 1 fully saturated rings. The molecule has 26 heavy (non-hydrogen) atoms. The number of hydrogen-bond acceptors (Lipinski definition) is 3. The molecule has 3 N–H and O–H groups in total. The second kappa shape index (κ2) is 8.08. The Kier molecular flexibility index (Phi) is 5.61. The summed E-state index contributed by atoms with van der Waals surface area (Å²) in [4.78, 5) is 27.6. The van der Waals surface area contributed by atoms with E-state index in [4.69, 9.17) is 4.74 Å². The molecule has 0 bridgehead atoms. The van der Waals surface area contributed by atoms with Gasteiger partial charge in [0.2, 0.25) is 0 Å². The lowest BCUT2D eigenvalue weighted by atomic mass is 10.1. The first-order chi connectivity index (χ1) is 12.6. The number of nitrogens with one attached hydrogen (secondary N) is 3. The first-order valence-electron chi connectivity index (χ1n) is 9.06. The largest absolute Gasteiger partial charge is 0.484 e. The first-order valence-corrected chi connectivity index (χ1v) is 9.06. The fourth-order valence-corrected chi connectivity index (χ4v) is 3.26. The zero-order valence-corrected chi connectivity index (χ0v) is 15.2. The molecular formula is C20H25N3O3. The molecule has 0 spiro atoms. The summed E-state index contributed by atoms with van der Waals surface area (Å²) >= 11 is 0. The van der Waals surface area contributed by atoms with E-state index < -0.39 is 0 Å². The van der Waals surface area contributed by atoms with Crippen LogP contribution in [0.4, 0.5) is 0 Å². The second-order valence-corrected chi connectivity index (χ2v) is 6.63. The van der Waals surface area contributed by atoms with Gasteiger partial charge in [-0.25, -0.2) is 0 Å². The highest BCUT2D eigenvalue weighted by Gasteiger charge is 2.23. The number of benzene rings is 1. The quantitative estimate of drug-likeness (QED) is 0.744. The van der Waals surface area contributed by atoms with E-state index in [-0.39, 0.29) is 29.7 Å². The molecule has 1 atom stereocenters. The van der Waals surface area contributed by atoms with E-state index in [1.54, 1.807) is 13.1 Å². The van der Waals surface area contributed by atoms with Gasteiger partial charge < -0.3 is 20.4 Å². The average molecular weight is 355 g/mol. The number of aromatic nitrogens is 1. The molecule has 6 nitrogen and oxygen atoms in total. The molecule has 6 heteroatoms. The molecule has 0 unspecified atom stereocenters. The highest BCUT2D eigenvalue weighted by molar-refractivity contribution is 5.99. The molecule has 1 aromatic carbocycles. The van der Waals surface area contributed by atoms with Crippen LogP contribution in [0, 0.1) is 0 Å². The number of hydrogen-bond donors (Lipinski definition) is 3. The van der Waals surface area contributed by atoms with Crippen LogP contribution in [0.25, 0.3) is 0 Å². The van der Waals surface area contributed by atoms with Crippen LogP contribution in [-0.2, 0) is 0 Å². The maximum absolute atomic E-state index is 12.5. The third-order valence-corrected chi connectivity index (χ3v) is 4.74. The van der Waals surface area contributed by atoms with Gasteiger partial charge in [-0.15, -0.1) is 0 Å². The summed E-state index contributed by atoms with van der Waals surface area (Å²) in [6.45, 7) is 1.91. The number of H-pyrrole nitrogens is 1. The molecule has 1 aromatic heterocycles.